The number of pyridine rings is 1. The van der Waals surface area contributed by atoms with E-state index in [-0.39, 0.29) is 23.5 Å². The molecule has 0 aliphatic carbocycles. The summed E-state index contributed by atoms with van der Waals surface area (Å²) in [4.78, 5) is 35.9. The molecule has 1 N–H and O–H groups in total. The topological polar surface area (TPSA) is 76.4 Å². The molecule has 0 fully saturated rings. The number of aromatic nitrogens is 1. The van der Waals surface area contributed by atoms with Gasteiger partial charge in [-0.1, -0.05) is 30.3 Å². The van der Waals surface area contributed by atoms with Gasteiger partial charge >= 0.3 is 5.97 Å². The predicted octanol–water partition coefficient (Wildman–Crippen LogP) is 2.89. The van der Waals surface area contributed by atoms with Crippen LogP contribution in [0, 0.1) is 6.92 Å². The number of aryl methyl sites for hydroxylation is 1. The molecule has 0 unspecified atom stereocenters. The molecule has 1 aromatic heterocycles. The monoisotopic (exact) mass is 321 g/mol. The molecule has 5 heteroatoms. The highest BCUT2D eigenvalue weighted by atomic mass is 16.4. The number of rotatable bonds is 4. The Morgan fingerprint density at radius 3 is 2.38 bits per heavy atom. The van der Waals surface area contributed by atoms with Crippen LogP contribution in [0.25, 0.3) is 10.9 Å². The molecule has 0 spiro atoms. The highest BCUT2D eigenvalue weighted by Gasteiger charge is 2.14. The van der Waals surface area contributed by atoms with Crippen molar-refractivity contribution in [3.8, 4) is 0 Å². The second-order valence-corrected chi connectivity index (χ2v) is 5.58. The van der Waals surface area contributed by atoms with Gasteiger partial charge in [0.05, 0.1) is 17.6 Å². The molecule has 0 saturated carbocycles. The molecule has 5 nitrogen and oxygen atoms in total. The van der Waals surface area contributed by atoms with Gasteiger partial charge in [-0.05, 0) is 36.1 Å². The quantitative estimate of drug-likeness (QED) is 0.750. The van der Waals surface area contributed by atoms with Crippen molar-refractivity contribution in [1.82, 2.24) is 4.57 Å². The van der Waals surface area contributed by atoms with Gasteiger partial charge in [0.2, 0.25) is 0 Å². The zero-order valence-electron chi connectivity index (χ0n) is 13.0. The Hall–Kier alpha value is -3.21. The van der Waals surface area contributed by atoms with Crippen LogP contribution in [0.4, 0.5) is 0 Å². The van der Waals surface area contributed by atoms with Crippen LogP contribution in [0.2, 0.25) is 0 Å². The fraction of sp³-hybridized carbons (Fsp3) is 0.105. The molecule has 0 radical (unpaired) electrons. The third-order valence-electron chi connectivity index (χ3n) is 3.92. The molecule has 0 saturated heterocycles. The lowest BCUT2D eigenvalue weighted by atomic mass is 10.0. The molecule has 0 aliphatic heterocycles. The summed E-state index contributed by atoms with van der Waals surface area (Å²) >= 11 is 0. The maximum atomic E-state index is 12.4. The van der Waals surface area contributed by atoms with E-state index in [4.69, 9.17) is 5.11 Å². The van der Waals surface area contributed by atoms with E-state index in [1.807, 2.05) is 6.07 Å². The largest absolute Gasteiger partial charge is 0.478 e. The van der Waals surface area contributed by atoms with Crippen LogP contribution in [-0.2, 0) is 6.54 Å². The van der Waals surface area contributed by atoms with Crippen LogP contribution in [0.3, 0.4) is 0 Å². The molecule has 0 amide bonds. The average molecular weight is 321 g/mol. The minimum atomic E-state index is -1.03. The fourth-order valence-electron chi connectivity index (χ4n) is 2.80. The zero-order chi connectivity index (χ0) is 17.3. The van der Waals surface area contributed by atoms with Crippen molar-refractivity contribution in [2.45, 2.75) is 13.5 Å². The van der Waals surface area contributed by atoms with Crippen molar-refractivity contribution in [3.05, 3.63) is 81.6 Å². The summed E-state index contributed by atoms with van der Waals surface area (Å²) in [6.45, 7) is 1.64. The molecule has 0 atom stereocenters. The van der Waals surface area contributed by atoms with Gasteiger partial charge in [0.15, 0.2) is 5.78 Å². The normalized spacial score (nSPS) is 10.7. The summed E-state index contributed by atoms with van der Waals surface area (Å²) < 4.78 is 1.39. The van der Waals surface area contributed by atoms with Crippen molar-refractivity contribution >= 4 is 22.7 Å². The van der Waals surface area contributed by atoms with Crippen molar-refractivity contribution in [2.24, 2.45) is 0 Å². The summed E-state index contributed by atoms with van der Waals surface area (Å²) in [5, 5.41) is 9.78. The number of carbonyl (C=O) groups is 2. The van der Waals surface area contributed by atoms with Crippen LogP contribution in [-0.4, -0.2) is 21.4 Å². The molecule has 1 heterocycles. The second kappa shape index (κ2) is 6.12. The van der Waals surface area contributed by atoms with E-state index < -0.39 is 5.97 Å². The maximum Gasteiger partial charge on any atom is 0.335 e. The lowest BCUT2D eigenvalue weighted by molar-refractivity contribution is 0.0696. The number of benzene rings is 2. The van der Waals surface area contributed by atoms with E-state index in [1.165, 1.54) is 22.8 Å². The van der Waals surface area contributed by atoms with Crippen LogP contribution < -0.4 is 5.56 Å². The number of carboxylic acids is 1. The van der Waals surface area contributed by atoms with Crippen LogP contribution in [0.5, 0.6) is 0 Å². The number of fused-ring (bicyclic) bond motifs is 1. The molecule has 0 bridgehead atoms. The number of hydrogen-bond acceptors (Lipinski definition) is 3. The first kappa shape index (κ1) is 15.7. The van der Waals surface area contributed by atoms with Gasteiger partial charge in [0, 0.05) is 11.6 Å². The van der Waals surface area contributed by atoms with E-state index in [0.717, 1.165) is 0 Å². The first-order chi connectivity index (χ1) is 11.5. The minimum Gasteiger partial charge on any atom is -0.478 e. The van der Waals surface area contributed by atoms with Gasteiger partial charge in [0.1, 0.15) is 0 Å². The third-order valence-corrected chi connectivity index (χ3v) is 3.92. The molecule has 3 aromatic rings. The number of carbonyl (C=O) groups excluding carboxylic acids is 1. The number of carboxylic acid groups (broad SMARTS) is 1. The second-order valence-electron chi connectivity index (χ2n) is 5.58. The highest BCUT2D eigenvalue weighted by Crippen LogP contribution is 2.20. The van der Waals surface area contributed by atoms with Gasteiger partial charge < -0.3 is 9.67 Å². The number of aromatic carboxylic acids is 1. The number of nitrogens with zero attached hydrogens (tertiary/aromatic N) is 1. The highest BCUT2D eigenvalue weighted by molar-refractivity contribution is 5.98. The fourth-order valence-corrected chi connectivity index (χ4v) is 2.80. The van der Waals surface area contributed by atoms with E-state index >= 15 is 0 Å². The van der Waals surface area contributed by atoms with Gasteiger partial charge in [-0.15, -0.1) is 0 Å². The Morgan fingerprint density at radius 1 is 1.00 bits per heavy atom. The number of ketones is 1. The molecular weight excluding hydrogens is 306 g/mol. The molecule has 3 rings (SSSR count). The first-order valence-electron chi connectivity index (χ1n) is 7.43. The van der Waals surface area contributed by atoms with E-state index in [2.05, 4.69) is 0 Å². The number of Topliss-reactive ketones (excluding diaryl/α,β-unsaturated/α-hetero) is 1. The van der Waals surface area contributed by atoms with E-state index in [9.17, 15) is 14.4 Å². The SMILES string of the molecule is Cc1cc(C(=O)O)cc2ccc(=O)n(CC(=O)c3ccccc3)c12. The summed E-state index contributed by atoms with van der Waals surface area (Å²) in [7, 11) is 0. The van der Waals surface area contributed by atoms with Crippen molar-refractivity contribution in [3.63, 3.8) is 0 Å². The molecular formula is C19H15NO4. The molecule has 0 aliphatic rings. The average Bonchev–Trinajstić information content (AvgIpc) is 2.57. The summed E-state index contributed by atoms with van der Waals surface area (Å²) in [5.41, 5.74) is 1.61. The van der Waals surface area contributed by atoms with Gasteiger partial charge in [-0.25, -0.2) is 4.79 Å². The molecule has 24 heavy (non-hydrogen) atoms. The Bertz CT molecular complexity index is 1000. The smallest absolute Gasteiger partial charge is 0.335 e. The van der Waals surface area contributed by atoms with Crippen LogP contribution >= 0.6 is 0 Å². The van der Waals surface area contributed by atoms with Crippen LogP contribution in [0.15, 0.2) is 59.4 Å². The predicted molar refractivity (Wildman–Crippen MR) is 90.7 cm³/mol. The maximum absolute atomic E-state index is 12.4. The first-order valence-corrected chi connectivity index (χ1v) is 7.43. The zero-order valence-corrected chi connectivity index (χ0v) is 13.0. The Kier molecular flexibility index (Phi) is 4.00. The third kappa shape index (κ3) is 2.84. The standard InChI is InChI=1S/C19H15NO4/c1-12-9-15(19(23)24)10-14-7-8-17(22)20(18(12)14)11-16(21)13-5-3-2-4-6-13/h2-10H,11H2,1H3,(H,23,24). The van der Waals surface area contributed by atoms with Gasteiger partial charge in [-0.2, -0.15) is 0 Å². The van der Waals surface area contributed by atoms with Crippen molar-refractivity contribution in [2.75, 3.05) is 0 Å². The van der Waals surface area contributed by atoms with Crippen molar-refractivity contribution < 1.29 is 14.7 Å². The summed E-state index contributed by atoms with van der Waals surface area (Å²) in [5.74, 6) is -1.20. The Labute approximate surface area is 137 Å². The lowest BCUT2D eigenvalue weighted by Crippen LogP contribution is -2.24. The Morgan fingerprint density at radius 2 is 1.71 bits per heavy atom. The van der Waals surface area contributed by atoms with Crippen molar-refractivity contribution in [1.29, 1.82) is 0 Å². The molecule has 2 aromatic carbocycles. The van der Waals surface area contributed by atoms with E-state index in [0.29, 0.717) is 22.0 Å². The summed E-state index contributed by atoms with van der Waals surface area (Å²) in [6, 6.07) is 14.7. The van der Waals surface area contributed by atoms with Gasteiger partial charge in [-0.3, -0.25) is 9.59 Å². The summed E-state index contributed by atoms with van der Waals surface area (Å²) in [6.07, 6.45) is 0. The van der Waals surface area contributed by atoms with Gasteiger partial charge in [0.25, 0.3) is 5.56 Å². The lowest BCUT2D eigenvalue weighted by Gasteiger charge is -2.12. The van der Waals surface area contributed by atoms with Crippen LogP contribution in [0.1, 0.15) is 26.3 Å². The Balaban J connectivity index is 2.14. The molecule has 120 valence electrons. The minimum absolute atomic E-state index is 0.0898. The number of hydrogen-bond donors (Lipinski definition) is 1. The van der Waals surface area contributed by atoms with E-state index in [1.54, 1.807) is 37.3 Å².